The van der Waals surface area contributed by atoms with Crippen LogP contribution in [-0.4, -0.2) is 65.3 Å². The van der Waals surface area contributed by atoms with E-state index in [-0.39, 0.29) is 33.6 Å². The molecule has 11 nitrogen and oxygen atoms in total. The molecule has 0 spiro atoms. The van der Waals surface area contributed by atoms with Crippen LogP contribution < -0.4 is 42.6 Å². The van der Waals surface area contributed by atoms with Gasteiger partial charge in [0.2, 0.25) is 11.5 Å². The van der Waals surface area contributed by atoms with Crippen molar-refractivity contribution in [3.05, 3.63) is 47.5 Å². The van der Waals surface area contributed by atoms with Gasteiger partial charge in [-0.3, -0.25) is 4.72 Å². The van der Waals surface area contributed by atoms with Crippen LogP contribution in [0.3, 0.4) is 0 Å². The molecule has 0 unspecified atom stereocenters. The fourth-order valence-electron chi connectivity index (χ4n) is 3.96. The van der Waals surface area contributed by atoms with Crippen LogP contribution in [0.1, 0.15) is 11.1 Å². The summed E-state index contributed by atoms with van der Waals surface area (Å²) in [5.41, 5.74) is 1.53. The Hall–Kier alpha value is -4.45. The first kappa shape index (κ1) is 30.1. The van der Waals surface area contributed by atoms with E-state index in [1.807, 2.05) is 6.08 Å². The molecule has 0 heterocycles. The van der Waals surface area contributed by atoms with E-state index in [9.17, 15) is 8.42 Å². The van der Waals surface area contributed by atoms with Gasteiger partial charge in [-0.1, -0.05) is 12.2 Å². The van der Waals surface area contributed by atoms with Gasteiger partial charge in [-0.05, 0) is 35.4 Å². The Morgan fingerprint density at radius 3 is 1.23 bits per heavy atom. The van der Waals surface area contributed by atoms with Crippen molar-refractivity contribution in [3.8, 4) is 46.0 Å². The van der Waals surface area contributed by atoms with Crippen molar-refractivity contribution in [2.24, 2.45) is 0 Å². The molecule has 1 N–H and O–H groups in total. The zero-order valence-electron chi connectivity index (χ0n) is 23.6. The van der Waals surface area contributed by atoms with E-state index in [2.05, 4.69) is 4.72 Å². The van der Waals surface area contributed by atoms with Crippen molar-refractivity contribution in [2.45, 2.75) is 4.90 Å². The second kappa shape index (κ2) is 13.1. The highest BCUT2D eigenvalue weighted by atomic mass is 32.2. The van der Waals surface area contributed by atoms with Gasteiger partial charge in [0.25, 0.3) is 10.0 Å². The van der Waals surface area contributed by atoms with E-state index in [0.29, 0.717) is 28.6 Å². The molecule has 0 saturated carbocycles. The van der Waals surface area contributed by atoms with Crippen molar-refractivity contribution >= 4 is 27.9 Å². The van der Waals surface area contributed by atoms with E-state index in [0.717, 1.165) is 5.56 Å². The zero-order valence-corrected chi connectivity index (χ0v) is 24.4. The molecule has 0 amide bonds. The van der Waals surface area contributed by atoms with Gasteiger partial charge in [-0.2, -0.15) is 0 Å². The van der Waals surface area contributed by atoms with Gasteiger partial charge < -0.3 is 37.9 Å². The van der Waals surface area contributed by atoms with Gasteiger partial charge in [-0.15, -0.1) is 0 Å². The average molecular weight is 576 g/mol. The predicted molar refractivity (Wildman–Crippen MR) is 151 cm³/mol. The number of nitrogens with one attached hydrogen (secondary N) is 1. The molecule has 0 aliphatic rings. The third-order valence-corrected chi connectivity index (χ3v) is 7.19. The largest absolute Gasteiger partial charge is 0.493 e. The highest BCUT2D eigenvalue weighted by Crippen LogP contribution is 2.42. The Labute approximate surface area is 234 Å². The van der Waals surface area contributed by atoms with Crippen LogP contribution in [0.5, 0.6) is 46.0 Å². The lowest BCUT2D eigenvalue weighted by Gasteiger charge is -2.17. The molecule has 0 saturated heterocycles. The predicted octanol–water partition coefficient (Wildman–Crippen LogP) is 4.73. The van der Waals surface area contributed by atoms with E-state index in [4.69, 9.17) is 37.9 Å². The van der Waals surface area contributed by atoms with Gasteiger partial charge in [0.1, 0.15) is 0 Å². The summed E-state index contributed by atoms with van der Waals surface area (Å²) in [7, 11) is 7.56. The highest BCUT2D eigenvalue weighted by Gasteiger charge is 2.24. The molecule has 0 radical (unpaired) electrons. The fourth-order valence-corrected chi connectivity index (χ4v) is 5.05. The number of methoxy groups -OCH3 is 8. The Balaban J connectivity index is 2.07. The Kier molecular flexibility index (Phi) is 9.83. The molecule has 12 heteroatoms. The quantitative estimate of drug-likeness (QED) is 0.287. The Morgan fingerprint density at radius 2 is 0.850 bits per heavy atom. The summed E-state index contributed by atoms with van der Waals surface area (Å²) in [4.78, 5) is -0.110. The van der Waals surface area contributed by atoms with Gasteiger partial charge in [0.15, 0.2) is 34.5 Å². The lowest BCUT2D eigenvalue weighted by molar-refractivity contribution is 0.323. The monoisotopic (exact) mass is 575 g/mol. The summed E-state index contributed by atoms with van der Waals surface area (Å²) < 4.78 is 72.7. The van der Waals surface area contributed by atoms with Gasteiger partial charge in [-0.25, -0.2) is 8.42 Å². The highest BCUT2D eigenvalue weighted by molar-refractivity contribution is 7.92. The second-order valence-corrected chi connectivity index (χ2v) is 9.74. The minimum Gasteiger partial charge on any atom is -0.493 e. The molecule has 0 aliphatic carbocycles. The van der Waals surface area contributed by atoms with E-state index < -0.39 is 10.0 Å². The molecule has 216 valence electrons. The Bertz CT molecular complexity index is 1430. The number of hydrogen-bond donors (Lipinski definition) is 1. The maximum atomic E-state index is 13.5. The molecule has 0 atom stereocenters. The summed E-state index contributed by atoms with van der Waals surface area (Å²) in [6, 6.07) is 9.57. The number of benzene rings is 3. The number of sulfonamides is 1. The average Bonchev–Trinajstić information content (AvgIpc) is 2.97. The first-order valence-electron chi connectivity index (χ1n) is 11.8. The van der Waals surface area contributed by atoms with Crippen molar-refractivity contribution in [3.63, 3.8) is 0 Å². The van der Waals surface area contributed by atoms with E-state index in [1.54, 1.807) is 30.3 Å². The van der Waals surface area contributed by atoms with Crippen LogP contribution in [-0.2, 0) is 10.0 Å². The normalized spacial score (nSPS) is 11.1. The molecular weight excluding hydrogens is 542 g/mol. The summed E-state index contributed by atoms with van der Waals surface area (Å²) >= 11 is 0. The van der Waals surface area contributed by atoms with Crippen LogP contribution in [0.2, 0.25) is 0 Å². The zero-order chi connectivity index (χ0) is 29.4. The number of anilines is 1. The van der Waals surface area contributed by atoms with Crippen molar-refractivity contribution in [2.75, 3.05) is 61.6 Å². The lowest BCUT2D eigenvalue weighted by atomic mass is 10.1. The molecule has 3 rings (SSSR count). The van der Waals surface area contributed by atoms with Crippen LogP contribution >= 0.6 is 0 Å². The van der Waals surface area contributed by atoms with Crippen LogP contribution in [0.25, 0.3) is 12.2 Å². The topological polar surface area (TPSA) is 120 Å². The molecule has 3 aromatic carbocycles. The van der Waals surface area contributed by atoms with Crippen molar-refractivity contribution in [1.82, 2.24) is 0 Å². The SMILES string of the molecule is COc1cc(C=Cc2cc(OC)c(OC)c(OC)c2)cc(NS(=O)(=O)c2cc(OC)c(OC)c(OC)c2)c1OC. The third-order valence-electron chi connectivity index (χ3n) is 5.85. The number of rotatable bonds is 13. The second-order valence-electron chi connectivity index (χ2n) is 8.06. The molecule has 40 heavy (non-hydrogen) atoms. The van der Waals surface area contributed by atoms with Crippen LogP contribution in [0.15, 0.2) is 41.3 Å². The third kappa shape index (κ3) is 6.23. The van der Waals surface area contributed by atoms with Gasteiger partial charge >= 0.3 is 0 Å². The molecule has 0 bridgehead atoms. The maximum Gasteiger partial charge on any atom is 0.262 e. The number of ether oxygens (including phenoxy) is 8. The summed E-state index contributed by atoms with van der Waals surface area (Å²) in [6.07, 6.45) is 3.59. The fraction of sp³-hybridized carbons (Fsp3) is 0.286. The molecule has 0 aromatic heterocycles. The lowest BCUT2D eigenvalue weighted by Crippen LogP contribution is -2.14. The standard InChI is InChI=1S/C28H33NO10S/c1-32-21-12-17(9-10-18-13-22(33-2)27(38-7)23(14-18)34-3)11-20(26(21)37-6)29-40(30,31)19-15-24(35-4)28(39-8)25(16-19)36-5/h9-16,29H,1-8H3. The molecular formula is C28H33NO10S. The summed E-state index contributed by atoms with van der Waals surface area (Å²) in [6.45, 7) is 0. The van der Waals surface area contributed by atoms with Crippen molar-refractivity contribution < 1.29 is 46.3 Å². The van der Waals surface area contributed by atoms with E-state index in [1.165, 1.54) is 69.0 Å². The number of hydrogen-bond acceptors (Lipinski definition) is 10. The summed E-state index contributed by atoms with van der Waals surface area (Å²) in [5.74, 6) is 2.61. The van der Waals surface area contributed by atoms with Gasteiger partial charge in [0.05, 0.1) is 67.5 Å². The first-order valence-corrected chi connectivity index (χ1v) is 13.2. The maximum absolute atomic E-state index is 13.5. The molecule has 0 fully saturated rings. The first-order chi connectivity index (χ1) is 19.2. The van der Waals surface area contributed by atoms with Crippen LogP contribution in [0, 0.1) is 0 Å². The minimum atomic E-state index is -4.14. The smallest absolute Gasteiger partial charge is 0.262 e. The summed E-state index contributed by atoms with van der Waals surface area (Å²) in [5, 5.41) is 0. The Morgan fingerprint density at radius 1 is 0.500 bits per heavy atom. The van der Waals surface area contributed by atoms with Crippen LogP contribution in [0.4, 0.5) is 5.69 Å². The molecule has 0 aliphatic heterocycles. The van der Waals surface area contributed by atoms with E-state index >= 15 is 0 Å². The van der Waals surface area contributed by atoms with Gasteiger partial charge in [0, 0.05) is 12.1 Å². The minimum absolute atomic E-state index is 0.110. The van der Waals surface area contributed by atoms with Crippen molar-refractivity contribution in [1.29, 1.82) is 0 Å². The molecule has 3 aromatic rings.